The molecule has 1 aromatic heterocycles. The van der Waals surface area contributed by atoms with Gasteiger partial charge in [-0.05, 0) is 49.1 Å². The van der Waals surface area contributed by atoms with Gasteiger partial charge in [-0.1, -0.05) is 17.3 Å². The van der Waals surface area contributed by atoms with Gasteiger partial charge in [0, 0.05) is 23.1 Å². The van der Waals surface area contributed by atoms with E-state index in [1.54, 1.807) is 12.1 Å². The van der Waals surface area contributed by atoms with Gasteiger partial charge in [-0.15, -0.1) is 0 Å². The standard InChI is InChI=1S/C23H23N3O7S2/c1-31-18-4-3-5-19(32-2)21(18)35(29,30)25-22-16-13-23(8-9-23)17-7-6-14(26-10-11-34(26,27)28)12-15(17)20(16)33-24-22/h3-7,12H,8-11,13H2,1-2H3,(H,24,25). The van der Waals surface area contributed by atoms with E-state index in [1.165, 1.54) is 30.7 Å². The van der Waals surface area contributed by atoms with Crippen LogP contribution in [0.1, 0.15) is 24.0 Å². The van der Waals surface area contributed by atoms with E-state index in [4.69, 9.17) is 14.0 Å². The third-order valence-electron chi connectivity index (χ3n) is 7.03. The smallest absolute Gasteiger partial charge is 0.270 e. The van der Waals surface area contributed by atoms with Crippen molar-refractivity contribution in [3.63, 3.8) is 0 Å². The Bertz CT molecular complexity index is 1550. The molecular weight excluding hydrogens is 494 g/mol. The Morgan fingerprint density at radius 1 is 1.11 bits per heavy atom. The van der Waals surface area contributed by atoms with Crippen molar-refractivity contribution >= 4 is 31.6 Å². The van der Waals surface area contributed by atoms with Gasteiger partial charge in [0.1, 0.15) is 11.5 Å². The third-order valence-corrected chi connectivity index (χ3v) is 10.2. The molecule has 2 aromatic carbocycles. The van der Waals surface area contributed by atoms with E-state index in [-0.39, 0.29) is 33.4 Å². The molecule has 12 heteroatoms. The van der Waals surface area contributed by atoms with Crippen molar-refractivity contribution in [2.45, 2.75) is 29.6 Å². The van der Waals surface area contributed by atoms with Crippen molar-refractivity contribution in [3.8, 4) is 22.8 Å². The predicted octanol–water partition coefficient (Wildman–Crippen LogP) is 2.90. The van der Waals surface area contributed by atoms with Crippen LogP contribution in [0.2, 0.25) is 0 Å². The average molecular weight is 518 g/mol. The van der Waals surface area contributed by atoms with Gasteiger partial charge in [0.15, 0.2) is 16.5 Å². The van der Waals surface area contributed by atoms with Crippen LogP contribution in [-0.2, 0) is 31.9 Å². The molecule has 0 amide bonds. The van der Waals surface area contributed by atoms with E-state index in [9.17, 15) is 16.8 Å². The van der Waals surface area contributed by atoms with Crippen LogP contribution in [0.4, 0.5) is 11.5 Å². The van der Waals surface area contributed by atoms with E-state index in [2.05, 4.69) is 9.88 Å². The van der Waals surface area contributed by atoms with Crippen LogP contribution in [0, 0.1) is 0 Å². The average Bonchev–Trinajstić information content (AvgIpc) is 3.50. The third kappa shape index (κ3) is 3.30. The maximum Gasteiger partial charge on any atom is 0.270 e. The Morgan fingerprint density at radius 3 is 2.40 bits per heavy atom. The highest BCUT2D eigenvalue weighted by Gasteiger charge is 2.51. The summed E-state index contributed by atoms with van der Waals surface area (Å²) >= 11 is 0. The molecule has 6 rings (SSSR count). The van der Waals surface area contributed by atoms with Crippen molar-refractivity contribution in [3.05, 3.63) is 47.5 Å². The maximum absolute atomic E-state index is 13.4. The summed E-state index contributed by atoms with van der Waals surface area (Å²) in [7, 11) is -4.65. The molecule has 1 saturated carbocycles. The van der Waals surface area contributed by atoms with E-state index >= 15 is 0 Å². The van der Waals surface area contributed by atoms with Gasteiger partial charge < -0.3 is 14.0 Å². The molecule has 2 fully saturated rings. The lowest BCUT2D eigenvalue weighted by atomic mass is 9.79. The zero-order valence-corrected chi connectivity index (χ0v) is 20.7. The molecule has 35 heavy (non-hydrogen) atoms. The zero-order valence-electron chi connectivity index (χ0n) is 19.1. The first-order chi connectivity index (χ1) is 16.7. The van der Waals surface area contributed by atoms with Crippen LogP contribution in [0.3, 0.4) is 0 Å². The molecule has 3 aliphatic rings. The largest absolute Gasteiger partial charge is 0.495 e. The molecule has 10 nitrogen and oxygen atoms in total. The Hall–Kier alpha value is -3.25. The molecule has 1 saturated heterocycles. The van der Waals surface area contributed by atoms with Crippen LogP contribution in [0.25, 0.3) is 11.3 Å². The second kappa shape index (κ2) is 7.37. The molecule has 2 aliphatic carbocycles. The summed E-state index contributed by atoms with van der Waals surface area (Å²) in [6, 6.07) is 10.3. The molecule has 1 N–H and O–H groups in total. The Balaban J connectivity index is 1.43. The molecule has 3 aromatic rings. The normalized spacial score (nSPS) is 18.9. The summed E-state index contributed by atoms with van der Waals surface area (Å²) in [5.41, 5.74) is 2.90. The number of methoxy groups -OCH3 is 2. The SMILES string of the molecule is COc1cccc(OC)c1S(=O)(=O)Nc1noc2c1CC1(CC1)c1ccc(N3CCS3(=O)=O)cc1-2. The first-order valence-electron chi connectivity index (χ1n) is 11.1. The second-order valence-corrected chi connectivity index (χ2v) is 12.6. The second-order valence-electron chi connectivity index (χ2n) is 9.01. The number of aromatic nitrogens is 1. The monoisotopic (exact) mass is 517 g/mol. The first kappa shape index (κ1) is 22.2. The van der Waals surface area contributed by atoms with Crippen molar-refractivity contribution < 1.29 is 30.8 Å². The first-order valence-corrected chi connectivity index (χ1v) is 14.2. The number of fused-ring (bicyclic) bond motifs is 4. The maximum atomic E-state index is 13.4. The lowest BCUT2D eigenvalue weighted by Crippen LogP contribution is -2.47. The summed E-state index contributed by atoms with van der Waals surface area (Å²) < 4.78 is 71.3. The minimum Gasteiger partial charge on any atom is -0.495 e. The summed E-state index contributed by atoms with van der Waals surface area (Å²) in [5.74, 6) is 0.950. The van der Waals surface area contributed by atoms with E-state index in [0.29, 0.717) is 30.0 Å². The molecule has 1 spiro atoms. The van der Waals surface area contributed by atoms with Gasteiger partial charge in [-0.2, -0.15) is 0 Å². The Kier molecular flexibility index (Phi) is 4.68. The number of hydrogen-bond donors (Lipinski definition) is 1. The highest BCUT2D eigenvalue weighted by atomic mass is 32.2. The highest BCUT2D eigenvalue weighted by molar-refractivity contribution is 7.94. The number of benzene rings is 2. The van der Waals surface area contributed by atoms with Gasteiger partial charge in [-0.25, -0.2) is 16.8 Å². The number of anilines is 2. The fourth-order valence-electron chi connectivity index (χ4n) is 5.01. The number of sulfonamides is 2. The van der Waals surface area contributed by atoms with Gasteiger partial charge in [0.05, 0.1) is 25.7 Å². The summed E-state index contributed by atoms with van der Waals surface area (Å²) in [6.07, 6.45) is 2.46. The Morgan fingerprint density at radius 2 is 1.83 bits per heavy atom. The lowest BCUT2D eigenvalue weighted by molar-refractivity contribution is 0.373. The number of nitrogens with one attached hydrogen (secondary N) is 1. The van der Waals surface area contributed by atoms with Crippen LogP contribution in [-0.4, -0.2) is 48.5 Å². The van der Waals surface area contributed by atoms with Gasteiger partial charge >= 0.3 is 0 Å². The van der Waals surface area contributed by atoms with Gasteiger partial charge in [0.25, 0.3) is 10.0 Å². The number of ether oxygens (including phenoxy) is 2. The molecule has 0 radical (unpaired) electrons. The molecule has 184 valence electrons. The lowest BCUT2D eigenvalue weighted by Gasteiger charge is -2.33. The minimum atomic E-state index is -4.14. The topological polar surface area (TPSA) is 128 Å². The number of nitrogens with zero attached hydrogens (tertiary/aromatic N) is 2. The fraction of sp³-hybridized carbons (Fsp3) is 0.348. The van der Waals surface area contributed by atoms with Crippen LogP contribution in [0.5, 0.6) is 11.5 Å². The van der Waals surface area contributed by atoms with Gasteiger partial charge in [0.2, 0.25) is 10.0 Å². The van der Waals surface area contributed by atoms with Crippen LogP contribution >= 0.6 is 0 Å². The van der Waals surface area contributed by atoms with Crippen molar-refractivity contribution in [1.29, 1.82) is 0 Å². The zero-order chi connectivity index (χ0) is 24.6. The van der Waals surface area contributed by atoms with Crippen molar-refractivity contribution in [1.82, 2.24) is 5.16 Å². The van der Waals surface area contributed by atoms with E-state index in [1.807, 2.05) is 12.1 Å². The molecule has 0 atom stereocenters. The van der Waals surface area contributed by atoms with Crippen LogP contribution in [0.15, 0.2) is 45.8 Å². The van der Waals surface area contributed by atoms with Crippen LogP contribution < -0.4 is 18.5 Å². The van der Waals surface area contributed by atoms with E-state index < -0.39 is 20.0 Å². The van der Waals surface area contributed by atoms with Crippen molar-refractivity contribution in [2.24, 2.45) is 0 Å². The minimum absolute atomic E-state index is 0.104. The number of rotatable bonds is 6. The Labute approximate surface area is 202 Å². The quantitative estimate of drug-likeness (QED) is 0.529. The highest BCUT2D eigenvalue weighted by Crippen LogP contribution is 2.59. The molecule has 0 unspecified atom stereocenters. The summed E-state index contributed by atoms with van der Waals surface area (Å²) in [5, 5.41) is 4.07. The summed E-state index contributed by atoms with van der Waals surface area (Å²) in [6.45, 7) is 0.432. The fourth-order valence-corrected chi connectivity index (χ4v) is 7.46. The number of hydrogen-bond acceptors (Lipinski definition) is 8. The molecule has 2 heterocycles. The summed E-state index contributed by atoms with van der Waals surface area (Å²) in [4.78, 5) is -0.135. The molecule has 1 aliphatic heterocycles. The molecule has 0 bridgehead atoms. The van der Waals surface area contributed by atoms with Crippen molar-refractivity contribution in [2.75, 3.05) is 35.5 Å². The van der Waals surface area contributed by atoms with E-state index in [0.717, 1.165) is 24.0 Å². The predicted molar refractivity (Wildman–Crippen MR) is 128 cm³/mol. The van der Waals surface area contributed by atoms with Gasteiger partial charge in [-0.3, -0.25) is 9.03 Å². The molecular formula is C23H23N3O7S2.